The summed E-state index contributed by atoms with van der Waals surface area (Å²) in [5.74, 6) is -3.18. The van der Waals surface area contributed by atoms with Crippen LogP contribution in [0.3, 0.4) is 0 Å². The molecule has 1 aliphatic heterocycles. The predicted octanol–water partition coefficient (Wildman–Crippen LogP) is -2.35. The number of carbonyl (C=O) groups is 3. The van der Waals surface area contributed by atoms with Crippen molar-refractivity contribution in [1.29, 1.82) is 5.26 Å². The highest BCUT2D eigenvalue weighted by molar-refractivity contribution is 7.89. The lowest BCUT2D eigenvalue weighted by Crippen LogP contribution is -2.56. The Hall–Kier alpha value is -2.97. The van der Waals surface area contributed by atoms with Gasteiger partial charge in [-0.15, -0.1) is 0 Å². The van der Waals surface area contributed by atoms with E-state index >= 15 is 0 Å². The number of nitriles is 1. The summed E-state index contributed by atoms with van der Waals surface area (Å²) in [6, 6.07) is 7.32. The van der Waals surface area contributed by atoms with Gasteiger partial charge in [-0.25, -0.2) is 13.1 Å². The Balaban J connectivity index is 1.82. The van der Waals surface area contributed by atoms with E-state index in [-0.39, 0.29) is 37.5 Å². The standard InChI is InChI=1S/C16H18N4O6S/c17-10-12-2-4-13(5-3-12)27(25,26)18-6-1-7-19-8-9-20(11-14(21)22)16(24)15(19)23/h2-5,18H,1,6-9,11H2,(H,21,22)/p-1. The van der Waals surface area contributed by atoms with Crippen LogP contribution in [0.15, 0.2) is 29.2 Å². The van der Waals surface area contributed by atoms with E-state index in [1.807, 2.05) is 6.07 Å². The number of benzene rings is 1. The van der Waals surface area contributed by atoms with Crippen molar-refractivity contribution >= 4 is 27.8 Å². The van der Waals surface area contributed by atoms with Crippen molar-refractivity contribution in [2.45, 2.75) is 11.3 Å². The van der Waals surface area contributed by atoms with Gasteiger partial charge in [0.05, 0.1) is 29.0 Å². The fourth-order valence-electron chi connectivity index (χ4n) is 2.50. The fraction of sp³-hybridized carbons (Fsp3) is 0.375. The van der Waals surface area contributed by atoms with Crippen LogP contribution in [0.4, 0.5) is 0 Å². The number of rotatable bonds is 8. The normalized spacial score (nSPS) is 14.9. The molecule has 27 heavy (non-hydrogen) atoms. The SMILES string of the molecule is N#Cc1ccc(S(=O)(=O)NCCCN2CCN(CC(=O)[O-])C(=O)C2=O)cc1. The summed E-state index contributed by atoms with van der Waals surface area (Å²) >= 11 is 0. The van der Waals surface area contributed by atoms with Crippen LogP contribution < -0.4 is 9.83 Å². The lowest BCUT2D eigenvalue weighted by Gasteiger charge is -2.33. The van der Waals surface area contributed by atoms with Gasteiger partial charge in [-0.05, 0) is 30.7 Å². The molecular weight excluding hydrogens is 376 g/mol. The fourth-order valence-corrected chi connectivity index (χ4v) is 3.58. The lowest BCUT2D eigenvalue weighted by molar-refractivity contribution is -0.306. The van der Waals surface area contributed by atoms with Crippen LogP contribution in [0.25, 0.3) is 0 Å². The molecule has 0 saturated carbocycles. The van der Waals surface area contributed by atoms with Crippen LogP contribution >= 0.6 is 0 Å². The molecule has 0 bridgehead atoms. The first-order chi connectivity index (χ1) is 12.7. The molecular formula is C16H17N4O6S-. The minimum absolute atomic E-state index is 0.0173. The minimum atomic E-state index is -3.75. The molecule has 11 heteroatoms. The molecule has 1 saturated heterocycles. The number of nitrogens with one attached hydrogen (secondary N) is 1. The van der Waals surface area contributed by atoms with Gasteiger partial charge in [-0.2, -0.15) is 5.26 Å². The molecule has 10 nitrogen and oxygen atoms in total. The number of nitrogens with zero attached hydrogens (tertiary/aromatic N) is 3. The van der Waals surface area contributed by atoms with Crippen LogP contribution in [0, 0.1) is 11.3 Å². The smallest absolute Gasteiger partial charge is 0.312 e. The number of piperazine rings is 1. The summed E-state index contributed by atoms with van der Waals surface area (Å²) in [4.78, 5) is 36.5. The number of carbonyl (C=O) groups excluding carboxylic acids is 3. The average Bonchev–Trinajstić information content (AvgIpc) is 2.64. The molecule has 1 aliphatic rings. The number of sulfonamides is 1. The third-order valence-electron chi connectivity index (χ3n) is 3.91. The first-order valence-corrected chi connectivity index (χ1v) is 9.51. The Morgan fingerprint density at radius 1 is 1.15 bits per heavy atom. The van der Waals surface area contributed by atoms with Gasteiger partial charge in [-0.1, -0.05) is 0 Å². The van der Waals surface area contributed by atoms with Crippen molar-refractivity contribution in [1.82, 2.24) is 14.5 Å². The second-order valence-corrected chi connectivity index (χ2v) is 7.55. The van der Waals surface area contributed by atoms with Gasteiger partial charge in [0.15, 0.2) is 0 Å². The molecule has 0 unspecified atom stereocenters. The predicted molar refractivity (Wildman–Crippen MR) is 89.1 cm³/mol. The summed E-state index contributed by atoms with van der Waals surface area (Å²) in [5.41, 5.74) is 0.343. The van der Waals surface area contributed by atoms with Crippen molar-refractivity contribution in [2.75, 3.05) is 32.7 Å². The third-order valence-corrected chi connectivity index (χ3v) is 5.38. The zero-order chi connectivity index (χ0) is 20.0. The van der Waals surface area contributed by atoms with Crippen molar-refractivity contribution in [3.63, 3.8) is 0 Å². The highest BCUT2D eigenvalue weighted by Crippen LogP contribution is 2.10. The van der Waals surface area contributed by atoms with Gasteiger partial charge in [0.1, 0.15) is 0 Å². The highest BCUT2D eigenvalue weighted by Gasteiger charge is 2.31. The first-order valence-electron chi connectivity index (χ1n) is 8.02. The molecule has 1 fully saturated rings. The summed E-state index contributed by atoms with van der Waals surface area (Å²) in [6.07, 6.45) is 0.273. The van der Waals surface area contributed by atoms with Gasteiger partial charge >= 0.3 is 11.8 Å². The number of carboxylic acids is 1. The number of hydrogen-bond acceptors (Lipinski definition) is 7. The summed E-state index contributed by atoms with van der Waals surface area (Å²) in [5, 5.41) is 19.3. The molecule has 0 atom stereocenters. The van der Waals surface area contributed by atoms with Crippen molar-refractivity contribution in [3.05, 3.63) is 29.8 Å². The van der Waals surface area contributed by atoms with Crippen LogP contribution in [0.5, 0.6) is 0 Å². The van der Waals surface area contributed by atoms with E-state index in [9.17, 15) is 27.9 Å². The van der Waals surface area contributed by atoms with Crippen LogP contribution in [-0.4, -0.2) is 68.7 Å². The molecule has 0 radical (unpaired) electrons. The number of aliphatic carboxylic acids is 1. The molecule has 0 aliphatic carbocycles. The Morgan fingerprint density at radius 3 is 2.33 bits per heavy atom. The second kappa shape index (κ2) is 8.61. The molecule has 1 heterocycles. The van der Waals surface area contributed by atoms with Crippen LogP contribution in [0.2, 0.25) is 0 Å². The maximum absolute atomic E-state index is 12.1. The zero-order valence-corrected chi connectivity index (χ0v) is 15.1. The molecule has 1 aromatic rings. The van der Waals surface area contributed by atoms with E-state index in [2.05, 4.69) is 4.72 Å². The van der Waals surface area contributed by atoms with E-state index in [4.69, 9.17) is 5.26 Å². The van der Waals surface area contributed by atoms with Crippen LogP contribution in [-0.2, 0) is 24.4 Å². The topological polar surface area (TPSA) is 151 Å². The van der Waals surface area contributed by atoms with E-state index in [1.165, 1.54) is 29.2 Å². The Labute approximate surface area is 156 Å². The first kappa shape index (κ1) is 20.3. The molecule has 2 amide bonds. The van der Waals surface area contributed by atoms with Gasteiger partial charge in [-0.3, -0.25) is 9.59 Å². The summed E-state index contributed by atoms with van der Waals surface area (Å²) in [6.45, 7) is -0.193. The molecule has 0 aromatic heterocycles. The van der Waals surface area contributed by atoms with E-state index < -0.39 is 34.4 Å². The van der Waals surface area contributed by atoms with Crippen molar-refractivity contribution < 1.29 is 27.9 Å². The van der Waals surface area contributed by atoms with Crippen LogP contribution in [0.1, 0.15) is 12.0 Å². The second-order valence-electron chi connectivity index (χ2n) is 5.78. The van der Waals surface area contributed by atoms with Crippen molar-refractivity contribution in [3.8, 4) is 6.07 Å². The number of amides is 2. The van der Waals surface area contributed by atoms with E-state index in [0.717, 1.165) is 4.90 Å². The summed E-state index contributed by atoms with van der Waals surface area (Å²) < 4.78 is 26.7. The van der Waals surface area contributed by atoms with Gasteiger partial charge in [0, 0.05) is 26.2 Å². The largest absolute Gasteiger partial charge is 0.548 e. The molecule has 0 spiro atoms. The Bertz CT molecular complexity index is 875. The summed E-state index contributed by atoms with van der Waals surface area (Å²) in [7, 11) is -3.75. The minimum Gasteiger partial charge on any atom is -0.548 e. The quantitative estimate of drug-likeness (QED) is 0.383. The Morgan fingerprint density at radius 2 is 1.74 bits per heavy atom. The zero-order valence-electron chi connectivity index (χ0n) is 14.3. The van der Waals surface area contributed by atoms with Gasteiger partial charge < -0.3 is 19.7 Å². The Kier molecular flexibility index (Phi) is 6.49. The highest BCUT2D eigenvalue weighted by atomic mass is 32.2. The van der Waals surface area contributed by atoms with Crippen molar-refractivity contribution in [2.24, 2.45) is 0 Å². The number of hydrogen-bond donors (Lipinski definition) is 1. The van der Waals surface area contributed by atoms with Gasteiger partial charge in [0.2, 0.25) is 10.0 Å². The van der Waals surface area contributed by atoms with E-state index in [0.29, 0.717) is 5.56 Å². The van der Waals surface area contributed by atoms with E-state index in [1.54, 1.807) is 0 Å². The average molecular weight is 393 g/mol. The molecule has 144 valence electrons. The molecule has 1 aromatic carbocycles. The number of carboxylic acid groups (broad SMARTS) is 1. The third kappa shape index (κ3) is 5.25. The monoisotopic (exact) mass is 393 g/mol. The molecule has 1 N–H and O–H groups in total. The molecule has 2 rings (SSSR count). The van der Waals surface area contributed by atoms with Gasteiger partial charge in [0.25, 0.3) is 0 Å². The lowest BCUT2D eigenvalue weighted by atomic mass is 10.2. The maximum atomic E-state index is 12.1. The maximum Gasteiger partial charge on any atom is 0.312 e.